The van der Waals surface area contributed by atoms with Crippen molar-refractivity contribution in [3.63, 3.8) is 0 Å². The molecule has 4 heteroatoms. The van der Waals surface area contributed by atoms with Gasteiger partial charge in [-0.3, -0.25) is 14.6 Å². The Kier molecular flexibility index (Phi) is 2.97. The van der Waals surface area contributed by atoms with Gasteiger partial charge in [-0.05, 0) is 30.4 Å². The van der Waals surface area contributed by atoms with Crippen LogP contribution in [-0.2, 0) is 9.59 Å². The Hall–Kier alpha value is -2.23. The molecule has 1 aromatic heterocycles. The molecule has 2 aliphatic carbocycles. The lowest BCUT2D eigenvalue weighted by Crippen LogP contribution is -2.43. The Labute approximate surface area is 141 Å². The van der Waals surface area contributed by atoms with Gasteiger partial charge in [0.25, 0.3) is 0 Å². The highest BCUT2D eigenvalue weighted by molar-refractivity contribution is 6.07. The summed E-state index contributed by atoms with van der Waals surface area (Å²) in [6.07, 6.45) is 3.64. The molecule has 0 saturated heterocycles. The molecule has 124 valence electrons. The number of amides is 1. The molecule has 2 atom stereocenters. The minimum absolute atomic E-state index is 0.0415. The van der Waals surface area contributed by atoms with Crippen LogP contribution >= 0.6 is 0 Å². The number of hydrogen-bond donors (Lipinski definition) is 1. The molecule has 1 N–H and O–H groups in total. The third kappa shape index (κ3) is 1.66. The fourth-order valence-corrected chi connectivity index (χ4v) is 4.81. The van der Waals surface area contributed by atoms with Gasteiger partial charge in [-0.15, -0.1) is 0 Å². The van der Waals surface area contributed by atoms with Crippen LogP contribution in [0.5, 0.6) is 0 Å². The van der Waals surface area contributed by atoms with Gasteiger partial charge in [0.1, 0.15) is 5.78 Å². The summed E-state index contributed by atoms with van der Waals surface area (Å²) < 4.78 is 0. The molecule has 2 aromatic rings. The first kappa shape index (κ1) is 15.3. The van der Waals surface area contributed by atoms with Gasteiger partial charge >= 0.3 is 0 Å². The summed E-state index contributed by atoms with van der Waals surface area (Å²) in [5, 5.41) is 4.08. The van der Waals surface area contributed by atoms with Crippen LogP contribution in [0.25, 0.3) is 10.9 Å². The molecule has 2 fully saturated rings. The van der Waals surface area contributed by atoms with Crippen molar-refractivity contribution in [2.45, 2.75) is 40.0 Å². The number of carbonyl (C=O) groups excluding carboxylic acids is 2. The first-order valence-electron chi connectivity index (χ1n) is 8.50. The summed E-state index contributed by atoms with van der Waals surface area (Å²) in [4.78, 5) is 30.2. The first-order chi connectivity index (χ1) is 11.3. The van der Waals surface area contributed by atoms with Crippen LogP contribution in [0.2, 0.25) is 0 Å². The molecule has 0 aliphatic heterocycles. The number of benzene rings is 1. The van der Waals surface area contributed by atoms with Crippen molar-refractivity contribution in [2.75, 3.05) is 5.32 Å². The Morgan fingerprint density at radius 2 is 1.88 bits per heavy atom. The summed E-state index contributed by atoms with van der Waals surface area (Å²) in [6.45, 7) is 6.18. The maximum absolute atomic E-state index is 13.3. The van der Waals surface area contributed by atoms with E-state index in [9.17, 15) is 9.59 Å². The number of ketones is 1. The number of fused-ring (bicyclic) bond motifs is 3. The monoisotopic (exact) mass is 322 g/mol. The molecule has 2 aliphatic rings. The van der Waals surface area contributed by atoms with E-state index in [4.69, 9.17) is 0 Å². The Balaban J connectivity index is 1.74. The molecule has 4 nitrogen and oxygen atoms in total. The largest absolute Gasteiger partial charge is 0.324 e. The van der Waals surface area contributed by atoms with Gasteiger partial charge in [0.15, 0.2) is 0 Å². The van der Waals surface area contributed by atoms with Crippen LogP contribution in [0.1, 0.15) is 40.0 Å². The maximum atomic E-state index is 13.3. The number of nitrogens with one attached hydrogen (secondary N) is 1. The lowest BCUT2D eigenvalue weighted by molar-refractivity contribution is -0.131. The second-order valence-electron chi connectivity index (χ2n) is 7.97. The average molecular weight is 322 g/mol. The number of pyridine rings is 1. The van der Waals surface area contributed by atoms with Crippen molar-refractivity contribution in [1.29, 1.82) is 0 Å². The molecule has 1 aromatic carbocycles. The van der Waals surface area contributed by atoms with Crippen molar-refractivity contribution in [3.05, 3.63) is 36.5 Å². The molecule has 0 radical (unpaired) electrons. The van der Waals surface area contributed by atoms with E-state index in [1.165, 1.54) is 0 Å². The third-order valence-electron chi connectivity index (χ3n) is 7.02. The molecule has 2 saturated carbocycles. The van der Waals surface area contributed by atoms with Crippen molar-refractivity contribution in [2.24, 2.45) is 16.2 Å². The molecule has 2 bridgehead atoms. The van der Waals surface area contributed by atoms with Crippen molar-refractivity contribution >= 4 is 28.3 Å². The normalized spacial score (nSPS) is 30.7. The lowest BCUT2D eigenvalue weighted by atomic mass is 9.64. The van der Waals surface area contributed by atoms with Crippen molar-refractivity contribution in [1.82, 2.24) is 4.98 Å². The summed E-state index contributed by atoms with van der Waals surface area (Å²) in [5.41, 5.74) is 0.167. The van der Waals surface area contributed by atoms with E-state index in [1.54, 1.807) is 6.20 Å². The number of hydrogen-bond acceptors (Lipinski definition) is 3. The first-order valence-corrected chi connectivity index (χ1v) is 8.50. The molecular formula is C20H22N2O2. The summed E-state index contributed by atoms with van der Waals surface area (Å²) in [5.74, 6) is 0.185. The third-order valence-corrected chi connectivity index (χ3v) is 7.02. The number of nitrogens with zero attached hydrogens (tertiary/aromatic N) is 1. The number of para-hydroxylation sites is 1. The SMILES string of the molecule is CC12CCC(C(=O)Nc3cccc4cccnc34)(CC1=O)C2(C)C. The van der Waals surface area contributed by atoms with E-state index >= 15 is 0 Å². The molecule has 2 unspecified atom stereocenters. The number of rotatable bonds is 2. The van der Waals surface area contributed by atoms with Crippen LogP contribution < -0.4 is 5.32 Å². The maximum Gasteiger partial charge on any atom is 0.231 e. The summed E-state index contributed by atoms with van der Waals surface area (Å²) in [6, 6.07) is 9.63. The van der Waals surface area contributed by atoms with E-state index in [2.05, 4.69) is 24.1 Å². The highest BCUT2D eigenvalue weighted by Crippen LogP contribution is 2.70. The minimum Gasteiger partial charge on any atom is -0.324 e. The average Bonchev–Trinajstić information content (AvgIpc) is 2.85. The van der Waals surface area contributed by atoms with Gasteiger partial charge in [0, 0.05) is 23.4 Å². The molecule has 24 heavy (non-hydrogen) atoms. The minimum atomic E-state index is -0.615. The van der Waals surface area contributed by atoms with Crippen LogP contribution in [0.4, 0.5) is 5.69 Å². The van der Waals surface area contributed by atoms with E-state index < -0.39 is 5.41 Å². The smallest absolute Gasteiger partial charge is 0.231 e. The summed E-state index contributed by atoms with van der Waals surface area (Å²) in [7, 11) is 0. The predicted octanol–water partition coefficient (Wildman–Crippen LogP) is 3.96. The zero-order valence-electron chi connectivity index (χ0n) is 14.3. The fraction of sp³-hybridized carbons (Fsp3) is 0.450. The molecular weight excluding hydrogens is 300 g/mol. The van der Waals surface area contributed by atoms with Crippen molar-refractivity contribution in [3.8, 4) is 0 Å². The summed E-state index contributed by atoms with van der Waals surface area (Å²) >= 11 is 0. The second kappa shape index (κ2) is 4.65. The number of carbonyl (C=O) groups is 2. The highest BCUT2D eigenvalue weighted by atomic mass is 16.2. The Morgan fingerprint density at radius 3 is 2.54 bits per heavy atom. The molecule has 4 rings (SSSR count). The molecule has 1 heterocycles. The fourth-order valence-electron chi connectivity index (χ4n) is 4.81. The quantitative estimate of drug-likeness (QED) is 0.910. The van der Waals surface area contributed by atoms with E-state index in [0.29, 0.717) is 6.42 Å². The predicted molar refractivity (Wildman–Crippen MR) is 93.6 cm³/mol. The van der Waals surface area contributed by atoms with E-state index in [-0.39, 0.29) is 22.5 Å². The van der Waals surface area contributed by atoms with E-state index in [0.717, 1.165) is 29.4 Å². The molecule has 1 amide bonds. The van der Waals surface area contributed by atoms with E-state index in [1.807, 2.05) is 37.3 Å². The van der Waals surface area contributed by atoms with Crippen molar-refractivity contribution < 1.29 is 9.59 Å². The highest BCUT2D eigenvalue weighted by Gasteiger charge is 2.72. The Morgan fingerprint density at radius 1 is 1.12 bits per heavy atom. The van der Waals surface area contributed by atoms with Crippen LogP contribution in [-0.4, -0.2) is 16.7 Å². The van der Waals surface area contributed by atoms with Gasteiger partial charge in [0.2, 0.25) is 5.91 Å². The van der Waals surface area contributed by atoms with Gasteiger partial charge in [0.05, 0.1) is 16.6 Å². The number of Topliss-reactive ketones (excluding diaryl/α,β-unsaturated/α-hetero) is 1. The lowest BCUT2D eigenvalue weighted by Gasteiger charge is -2.38. The van der Waals surface area contributed by atoms with Crippen LogP contribution in [0.15, 0.2) is 36.5 Å². The van der Waals surface area contributed by atoms with Crippen LogP contribution in [0, 0.1) is 16.2 Å². The second-order valence-corrected chi connectivity index (χ2v) is 7.97. The Bertz CT molecular complexity index is 868. The zero-order chi connectivity index (χ0) is 17.2. The van der Waals surface area contributed by atoms with Gasteiger partial charge in [-0.1, -0.05) is 39.0 Å². The number of anilines is 1. The van der Waals surface area contributed by atoms with Crippen LogP contribution in [0.3, 0.4) is 0 Å². The standard InChI is InChI=1S/C20H22N2O2/c1-18(2)19(3)9-10-20(18,12-15(19)23)17(24)22-14-8-4-6-13-7-5-11-21-16(13)14/h4-8,11H,9-10,12H2,1-3H3,(H,22,24). The number of aromatic nitrogens is 1. The molecule has 0 spiro atoms. The van der Waals surface area contributed by atoms with Gasteiger partial charge < -0.3 is 5.32 Å². The topological polar surface area (TPSA) is 59.1 Å². The van der Waals surface area contributed by atoms with Gasteiger partial charge in [-0.25, -0.2) is 0 Å². The zero-order valence-corrected chi connectivity index (χ0v) is 14.3. The van der Waals surface area contributed by atoms with Gasteiger partial charge in [-0.2, -0.15) is 0 Å².